The van der Waals surface area contributed by atoms with Crippen molar-refractivity contribution >= 4 is 12.1 Å². The minimum Gasteiger partial charge on any atom is -0.456 e. The quantitative estimate of drug-likeness (QED) is 0.338. The molecule has 0 aromatic heterocycles. The number of hydroxylamine groups is 1. The Labute approximate surface area is 134 Å². The molecule has 0 spiro atoms. The number of hydrogen-bond donors (Lipinski definition) is 2. The van der Waals surface area contributed by atoms with Crippen molar-refractivity contribution in [2.24, 2.45) is 0 Å². The van der Waals surface area contributed by atoms with E-state index in [0.29, 0.717) is 23.2 Å². The number of nitrogens with zero attached hydrogens (tertiary/aromatic N) is 1. The molecule has 0 fully saturated rings. The van der Waals surface area contributed by atoms with E-state index in [2.05, 4.69) is 6.58 Å². The summed E-state index contributed by atoms with van der Waals surface area (Å²) < 4.78 is 5.45. The summed E-state index contributed by atoms with van der Waals surface area (Å²) in [6.07, 6.45) is 7.80. The van der Waals surface area contributed by atoms with Gasteiger partial charge in [-0.3, -0.25) is 20.3 Å². The summed E-state index contributed by atoms with van der Waals surface area (Å²) in [6.45, 7) is 6.73. The van der Waals surface area contributed by atoms with E-state index in [4.69, 9.17) is 15.2 Å². The molecule has 1 aliphatic rings. The molecule has 0 unspecified atom stereocenters. The summed E-state index contributed by atoms with van der Waals surface area (Å²) in [7, 11) is 0. The van der Waals surface area contributed by atoms with Crippen LogP contribution in [0.25, 0.3) is 0 Å². The lowest BCUT2D eigenvalue weighted by Gasteiger charge is -2.19. The number of rotatable bonds is 6. The van der Waals surface area contributed by atoms with Gasteiger partial charge in [-0.2, -0.15) is 5.26 Å². The number of carbonyl (C=O) groups excluding carboxylic acids is 2. The predicted molar refractivity (Wildman–Crippen MR) is 83.6 cm³/mol. The van der Waals surface area contributed by atoms with Crippen LogP contribution in [0.3, 0.4) is 0 Å². The number of hydrogen-bond acceptors (Lipinski definition) is 6. The average Bonchev–Trinajstić information content (AvgIpc) is 2.51. The molecule has 1 rings (SSSR count). The van der Waals surface area contributed by atoms with Gasteiger partial charge >= 0.3 is 0 Å². The molecule has 6 heteroatoms. The SMILES string of the molecule is C=C1OC(/C(C)=C/C(C=CC(C)=O)=CC=O)=CC(NO)=C1C#N. The zero-order valence-electron chi connectivity index (χ0n) is 12.8. The Morgan fingerprint density at radius 1 is 1.43 bits per heavy atom. The minimum atomic E-state index is -0.150. The van der Waals surface area contributed by atoms with E-state index >= 15 is 0 Å². The van der Waals surface area contributed by atoms with Gasteiger partial charge in [-0.15, -0.1) is 0 Å². The Bertz CT molecular complexity index is 728. The van der Waals surface area contributed by atoms with Crippen molar-refractivity contribution < 1.29 is 19.5 Å². The molecule has 0 radical (unpaired) electrons. The van der Waals surface area contributed by atoms with Gasteiger partial charge in [-0.1, -0.05) is 12.7 Å². The third-order valence-electron chi connectivity index (χ3n) is 2.83. The van der Waals surface area contributed by atoms with E-state index in [1.54, 1.807) is 13.0 Å². The van der Waals surface area contributed by atoms with Crippen molar-refractivity contribution in [1.82, 2.24) is 5.48 Å². The van der Waals surface area contributed by atoms with E-state index in [-0.39, 0.29) is 22.8 Å². The van der Waals surface area contributed by atoms with Crippen LogP contribution in [0.5, 0.6) is 0 Å². The highest BCUT2D eigenvalue weighted by Crippen LogP contribution is 2.28. The molecule has 0 saturated carbocycles. The van der Waals surface area contributed by atoms with Gasteiger partial charge in [0.2, 0.25) is 0 Å². The Hall–Kier alpha value is -3.17. The van der Waals surface area contributed by atoms with E-state index < -0.39 is 0 Å². The second kappa shape index (κ2) is 8.32. The standard InChI is InChI=1S/C17H16N2O4/c1-11(8-14(6-7-20)5-4-12(2)21)17-9-16(19-22)15(10-18)13(3)23-17/h4-9,19,22H,3H2,1-2H3/b5-4?,11-8+,14-6?. The molecule has 6 nitrogen and oxygen atoms in total. The van der Waals surface area contributed by atoms with Crippen LogP contribution in [-0.2, 0) is 14.3 Å². The summed E-state index contributed by atoms with van der Waals surface area (Å²) in [5.41, 5.74) is 3.27. The van der Waals surface area contributed by atoms with Crippen LogP contribution in [0, 0.1) is 11.3 Å². The van der Waals surface area contributed by atoms with Crippen LogP contribution in [-0.4, -0.2) is 17.3 Å². The third kappa shape index (κ3) is 4.95. The average molecular weight is 312 g/mol. The second-order valence-electron chi connectivity index (χ2n) is 4.62. The van der Waals surface area contributed by atoms with Gasteiger partial charge in [0.05, 0.1) is 5.70 Å². The van der Waals surface area contributed by atoms with Crippen LogP contribution in [0.15, 0.2) is 70.9 Å². The fourth-order valence-corrected chi connectivity index (χ4v) is 1.74. The number of ketones is 1. The molecule has 0 saturated heterocycles. The Morgan fingerprint density at radius 2 is 2.13 bits per heavy atom. The predicted octanol–water partition coefficient (Wildman–Crippen LogP) is 2.39. The maximum absolute atomic E-state index is 11.0. The number of carbonyl (C=O) groups is 2. The lowest BCUT2D eigenvalue weighted by molar-refractivity contribution is -0.112. The fraction of sp³-hybridized carbons (Fsp3) is 0.118. The monoisotopic (exact) mass is 312 g/mol. The smallest absolute Gasteiger partial charge is 0.152 e. The van der Waals surface area contributed by atoms with Gasteiger partial charge in [0.25, 0.3) is 0 Å². The molecule has 1 heterocycles. The number of allylic oxidation sites excluding steroid dienone is 8. The molecule has 0 bridgehead atoms. The number of aldehydes is 1. The number of nitrogens with one attached hydrogen (secondary N) is 1. The first-order chi connectivity index (χ1) is 10.9. The van der Waals surface area contributed by atoms with Crippen LogP contribution < -0.4 is 5.48 Å². The summed E-state index contributed by atoms with van der Waals surface area (Å²) in [5, 5.41) is 18.1. The van der Waals surface area contributed by atoms with Crippen LogP contribution in [0.1, 0.15) is 13.8 Å². The van der Waals surface area contributed by atoms with Crippen LogP contribution >= 0.6 is 0 Å². The van der Waals surface area contributed by atoms with Gasteiger partial charge in [-0.25, -0.2) is 0 Å². The lowest BCUT2D eigenvalue weighted by Crippen LogP contribution is -2.14. The molecule has 0 aromatic rings. The van der Waals surface area contributed by atoms with E-state index in [1.165, 1.54) is 31.2 Å². The first-order valence-electron chi connectivity index (χ1n) is 6.59. The molecule has 1 aliphatic heterocycles. The van der Waals surface area contributed by atoms with Crippen molar-refractivity contribution in [2.75, 3.05) is 0 Å². The van der Waals surface area contributed by atoms with E-state index in [1.807, 2.05) is 11.5 Å². The normalized spacial score (nSPS) is 15.9. The molecular formula is C17H16N2O4. The first kappa shape index (κ1) is 17.9. The van der Waals surface area contributed by atoms with Crippen molar-refractivity contribution in [1.29, 1.82) is 5.26 Å². The van der Waals surface area contributed by atoms with Crippen molar-refractivity contribution in [3.05, 3.63) is 70.9 Å². The van der Waals surface area contributed by atoms with E-state index in [0.717, 1.165) is 0 Å². The fourth-order valence-electron chi connectivity index (χ4n) is 1.74. The summed E-state index contributed by atoms with van der Waals surface area (Å²) in [6, 6.07) is 1.87. The van der Waals surface area contributed by atoms with Crippen LogP contribution in [0.2, 0.25) is 0 Å². The Balaban J connectivity index is 3.22. The molecule has 0 aromatic carbocycles. The molecule has 118 valence electrons. The molecule has 2 N–H and O–H groups in total. The van der Waals surface area contributed by atoms with Gasteiger partial charge in [0.15, 0.2) is 5.78 Å². The maximum atomic E-state index is 11.0. The third-order valence-corrected chi connectivity index (χ3v) is 2.83. The van der Waals surface area contributed by atoms with Crippen molar-refractivity contribution in [3.8, 4) is 6.07 Å². The van der Waals surface area contributed by atoms with Gasteiger partial charge in [-0.05, 0) is 43.2 Å². The maximum Gasteiger partial charge on any atom is 0.152 e. The highest BCUT2D eigenvalue weighted by molar-refractivity contribution is 5.88. The van der Waals surface area contributed by atoms with Crippen molar-refractivity contribution in [3.63, 3.8) is 0 Å². The minimum absolute atomic E-state index is 0.0872. The molecule has 23 heavy (non-hydrogen) atoms. The zero-order valence-corrected chi connectivity index (χ0v) is 12.8. The zero-order chi connectivity index (χ0) is 17.4. The number of ether oxygens (including phenoxy) is 1. The highest BCUT2D eigenvalue weighted by Gasteiger charge is 2.19. The molecule has 0 aliphatic carbocycles. The van der Waals surface area contributed by atoms with Crippen LogP contribution in [0.4, 0.5) is 0 Å². The van der Waals surface area contributed by atoms with Gasteiger partial charge < -0.3 is 4.74 Å². The van der Waals surface area contributed by atoms with Gasteiger partial charge in [0, 0.05) is 6.08 Å². The molecular weight excluding hydrogens is 296 g/mol. The van der Waals surface area contributed by atoms with Crippen molar-refractivity contribution in [2.45, 2.75) is 13.8 Å². The highest BCUT2D eigenvalue weighted by atomic mass is 16.5. The topological polar surface area (TPSA) is 99.4 Å². The number of nitriles is 1. The van der Waals surface area contributed by atoms with Gasteiger partial charge in [0.1, 0.15) is 29.4 Å². The summed E-state index contributed by atoms with van der Waals surface area (Å²) in [4.78, 5) is 21.7. The summed E-state index contributed by atoms with van der Waals surface area (Å²) >= 11 is 0. The Morgan fingerprint density at radius 3 is 2.65 bits per heavy atom. The van der Waals surface area contributed by atoms with E-state index in [9.17, 15) is 9.59 Å². The summed E-state index contributed by atoms with van der Waals surface area (Å²) in [5.74, 6) is 0.288. The molecule has 0 amide bonds. The largest absolute Gasteiger partial charge is 0.456 e. The molecule has 0 atom stereocenters. The Kier molecular flexibility index (Phi) is 6.46. The lowest BCUT2D eigenvalue weighted by atomic mass is 10.1. The first-order valence-corrected chi connectivity index (χ1v) is 6.59. The second-order valence-corrected chi connectivity index (χ2v) is 4.62.